The predicted molar refractivity (Wildman–Crippen MR) is 97.4 cm³/mol. The number of nitrogens with two attached hydrogens (primary N) is 1. The van der Waals surface area contributed by atoms with Crippen molar-refractivity contribution in [1.82, 2.24) is 19.9 Å². The van der Waals surface area contributed by atoms with Crippen LogP contribution in [0.3, 0.4) is 0 Å². The first-order valence-electron chi connectivity index (χ1n) is 7.86. The van der Waals surface area contributed by atoms with Gasteiger partial charge in [0.25, 0.3) is 5.91 Å². The molecule has 8 heteroatoms. The van der Waals surface area contributed by atoms with E-state index >= 15 is 0 Å². The fourth-order valence-electron chi connectivity index (χ4n) is 2.87. The quantitative estimate of drug-likeness (QED) is 0.900. The van der Waals surface area contributed by atoms with Gasteiger partial charge in [-0.3, -0.25) is 4.79 Å². The number of piperidine rings is 1. The summed E-state index contributed by atoms with van der Waals surface area (Å²) >= 11 is 1.37. The Hall–Kier alpha value is -1.57. The molecule has 24 heavy (non-hydrogen) atoms. The number of amides is 1. The van der Waals surface area contributed by atoms with Crippen LogP contribution in [-0.2, 0) is 0 Å². The Bertz CT molecular complexity index is 683. The van der Waals surface area contributed by atoms with E-state index < -0.39 is 0 Å². The van der Waals surface area contributed by atoms with Crippen LogP contribution in [0.1, 0.15) is 35.1 Å². The number of rotatable bonds is 3. The molecule has 0 radical (unpaired) electrons. The lowest BCUT2D eigenvalue weighted by atomic mass is 9.91. The summed E-state index contributed by atoms with van der Waals surface area (Å²) in [6, 6.07) is 1.96. The lowest BCUT2D eigenvalue weighted by Gasteiger charge is -2.33. The molecule has 1 aliphatic heterocycles. The second-order valence-electron chi connectivity index (χ2n) is 5.99. The smallest absolute Gasteiger partial charge is 0.265 e. The highest BCUT2D eigenvalue weighted by atomic mass is 35.5. The van der Waals surface area contributed by atoms with Gasteiger partial charge < -0.3 is 10.6 Å². The monoisotopic (exact) mass is 367 g/mol. The summed E-state index contributed by atoms with van der Waals surface area (Å²) in [7, 11) is 0. The third kappa shape index (κ3) is 3.91. The molecule has 3 heterocycles. The Morgan fingerprint density at radius 2 is 1.96 bits per heavy atom. The molecule has 1 aliphatic rings. The van der Waals surface area contributed by atoms with E-state index in [1.165, 1.54) is 11.3 Å². The molecule has 1 unspecified atom stereocenters. The van der Waals surface area contributed by atoms with Gasteiger partial charge in [0.1, 0.15) is 4.88 Å². The lowest BCUT2D eigenvalue weighted by Crippen LogP contribution is -2.42. The molecule has 2 N–H and O–H groups in total. The van der Waals surface area contributed by atoms with E-state index in [1.807, 2.05) is 18.7 Å². The Labute approximate surface area is 151 Å². The molecule has 0 saturated carbocycles. The van der Waals surface area contributed by atoms with E-state index in [0.717, 1.165) is 31.6 Å². The first-order chi connectivity index (χ1) is 11.1. The van der Waals surface area contributed by atoms with Crippen LogP contribution in [-0.4, -0.2) is 44.9 Å². The maximum absolute atomic E-state index is 12.8. The average molecular weight is 368 g/mol. The maximum atomic E-state index is 12.8. The van der Waals surface area contributed by atoms with Crippen LogP contribution >= 0.6 is 23.7 Å². The van der Waals surface area contributed by atoms with Crippen LogP contribution in [0.2, 0.25) is 0 Å². The van der Waals surface area contributed by atoms with E-state index in [4.69, 9.17) is 5.73 Å². The van der Waals surface area contributed by atoms with Gasteiger partial charge in [0.05, 0.1) is 5.69 Å². The third-order valence-corrected chi connectivity index (χ3v) is 5.46. The number of hydrogen-bond donors (Lipinski definition) is 1. The Morgan fingerprint density at radius 1 is 1.33 bits per heavy atom. The second-order valence-corrected chi connectivity index (χ2v) is 6.99. The Balaban J connectivity index is 0.00000208. The molecule has 2 aromatic rings. The van der Waals surface area contributed by atoms with Crippen LogP contribution < -0.4 is 5.73 Å². The summed E-state index contributed by atoms with van der Waals surface area (Å²) < 4.78 is 0. The van der Waals surface area contributed by atoms with Crippen LogP contribution in [0.4, 0.5) is 0 Å². The SMILES string of the molecule is Cc1nc(-c2ncccn2)sc1C(=O)N1CCC(C(C)N)CC1.Cl. The minimum absolute atomic E-state index is 0. The van der Waals surface area contributed by atoms with Crippen molar-refractivity contribution in [1.29, 1.82) is 0 Å². The van der Waals surface area contributed by atoms with Gasteiger partial charge in [-0.05, 0) is 38.7 Å². The number of aromatic nitrogens is 3. The van der Waals surface area contributed by atoms with Crippen LogP contribution in [0.15, 0.2) is 18.5 Å². The topological polar surface area (TPSA) is 85.0 Å². The predicted octanol–water partition coefficient (Wildman–Crippen LogP) is 2.53. The molecule has 0 bridgehead atoms. The van der Waals surface area contributed by atoms with Crippen molar-refractivity contribution >= 4 is 29.7 Å². The molecule has 3 rings (SSSR count). The lowest BCUT2D eigenvalue weighted by molar-refractivity contribution is 0.0685. The van der Waals surface area contributed by atoms with Crippen LogP contribution in [0, 0.1) is 12.8 Å². The highest BCUT2D eigenvalue weighted by molar-refractivity contribution is 7.17. The summed E-state index contributed by atoms with van der Waals surface area (Å²) in [6.07, 6.45) is 5.30. The molecule has 1 amide bonds. The highest BCUT2D eigenvalue weighted by Crippen LogP contribution is 2.28. The number of hydrogen-bond acceptors (Lipinski definition) is 6. The van der Waals surface area contributed by atoms with Crippen LogP contribution in [0.25, 0.3) is 10.8 Å². The zero-order valence-electron chi connectivity index (χ0n) is 13.8. The summed E-state index contributed by atoms with van der Waals surface area (Å²) in [5.74, 6) is 1.13. The van der Waals surface area contributed by atoms with E-state index in [2.05, 4.69) is 15.0 Å². The molecule has 0 aliphatic carbocycles. The zero-order valence-corrected chi connectivity index (χ0v) is 15.4. The van der Waals surface area contributed by atoms with Crippen molar-refractivity contribution < 1.29 is 4.79 Å². The second kappa shape index (κ2) is 8.00. The van der Waals surface area contributed by atoms with Crippen molar-refractivity contribution in [2.75, 3.05) is 13.1 Å². The zero-order chi connectivity index (χ0) is 16.4. The van der Waals surface area contributed by atoms with Crippen molar-refractivity contribution in [2.24, 2.45) is 11.7 Å². The van der Waals surface area contributed by atoms with Gasteiger partial charge in [-0.2, -0.15) is 0 Å². The number of nitrogens with zero attached hydrogens (tertiary/aromatic N) is 4. The fourth-order valence-corrected chi connectivity index (χ4v) is 3.85. The van der Waals surface area contributed by atoms with E-state index in [1.54, 1.807) is 18.5 Å². The number of carbonyl (C=O) groups excluding carboxylic acids is 1. The van der Waals surface area contributed by atoms with Gasteiger partial charge in [0.15, 0.2) is 10.8 Å². The molecule has 0 spiro atoms. The first-order valence-corrected chi connectivity index (χ1v) is 8.67. The van der Waals surface area contributed by atoms with E-state index in [-0.39, 0.29) is 24.4 Å². The third-order valence-electron chi connectivity index (χ3n) is 4.32. The molecule has 130 valence electrons. The summed E-state index contributed by atoms with van der Waals surface area (Å²) in [5.41, 5.74) is 6.71. The summed E-state index contributed by atoms with van der Waals surface area (Å²) in [6.45, 7) is 5.44. The molecular formula is C16H22ClN5OS. The molecule has 6 nitrogen and oxygen atoms in total. The Morgan fingerprint density at radius 3 is 2.54 bits per heavy atom. The van der Waals surface area contributed by atoms with Crippen molar-refractivity contribution in [2.45, 2.75) is 32.7 Å². The largest absolute Gasteiger partial charge is 0.338 e. The molecule has 0 aromatic carbocycles. The molecule has 1 fully saturated rings. The van der Waals surface area contributed by atoms with Crippen LogP contribution in [0.5, 0.6) is 0 Å². The standard InChI is InChI=1S/C16H21N5OS.ClH/c1-10(17)12-4-8-21(9-5-12)16(22)13-11(2)20-15(23-13)14-18-6-3-7-19-14;/h3,6-7,10,12H,4-5,8-9,17H2,1-2H3;1H. The number of aryl methyl sites for hydroxylation is 1. The van der Waals surface area contributed by atoms with Crippen molar-refractivity contribution in [3.05, 3.63) is 29.0 Å². The number of carbonyl (C=O) groups is 1. The number of halogens is 1. The minimum atomic E-state index is 0. The normalized spacial score (nSPS) is 16.5. The van der Waals surface area contributed by atoms with Crippen molar-refractivity contribution in [3.63, 3.8) is 0 Å². The Kier molecular flexibility index (Phi) is 6.26. The first kappa shape index (κ1) is 18.8. The number of thiazole rings is 1. The van der Waals surface area contributed by atoms with E-state index in [0.29, 0.717) is 21.6 Å². The molecule has 1 atom stereocenters. The van der Waals surface area contributed by atoms with Gasteiger partial charge in [0, 0.05) is 31.5 Å². The van der Waals surface area contributed by atoms with Gasteiger partial charge in [-0.15, -0.1) is 23.7 Å². The minimum Gasteiger partial charge on any atom is -0.338 e. The molecule has 1 saturated heterocycles. The van der Waals surface area contributed by atoms with Gasteiger partial charge in [-0.1, -0.05) is 0 Å². The summed E-state index contributed by atoms with van der Waals surface area (Å²) in [4.78, 5) is 28.2. The summed E-state index contributed by atoms with van der Waals surface area (Å²) in [5, 5.41) is 0.692. The van der Waals surface area contributed by atoms with E-state index in [9.17, 15) is 4.79 Å². The number of likely N-dealkylation sites (tertiary alicyclic amines) is 1. The van der Waals surface area contributed by atoms with Gasteiger partial charge >= 0.3 is 0 Å². The van der Waals surface area contributed by atoms with Gasteiger partial charge in [-0.25, -0.2) is 15.0 Å². The molecular weight excluding hydrogens is 346 g/mol. The van der Waals surface area contributed by atoms with Crippen molar-refractivity contribution in [3.8, 4) is 10.8 Å². The fraction of sp³-hybridized carbons (Fsp3) is 0.500. The maximum Gasteiger partial charge on any atom is 0.265 e. The van der Waals surface area contributed by atoms with Gasteiger partial charge in [0.2, 0.25) is 0 Å². The average Bonchev–Trinajstić information content (AvgIpc) is 2.97. The molecule has 2 aromatic heterocycles. The highest BCUT2D eigenvalue weighted by Gasteiger charge is 2.28.